The van der Waals surface area contributed by atoms with Crippen LogP contribution in [-0.2, 0) is 11.3 Å². The quantitative estimate of drug-likeness (QED) is 0.779. The molecular formula is C14H18ClFN2O. The standard InChI is InChI=1S/C14H18ClFN2O/c1-4-19-9(2)8-18-12-7-5-6-11(16)13(12)17-14(18)10(3)15/h5-7,9-10H,4,8H2,1-3H3. The van der Waals surface area contributed by atoms with Crippen molar-refractivity contribution in [3.05, 3.63) is 29.8 Å². The minimum Gasteiger partial charge on any atom is -0.377 e. The molecule has 0 spiro atoms. The highest BCUT2D eigenvalue weighted by atomic mass is 35.5. The third-order valence-corrected chi connectivity index (χ3v) is 3.20. The Morgan fingerprint density at radius 2 is 2.16 bits per heavy atom. The number of alkyl halides is 1. The topological polar surface area (TPSA) is 27.1 Å². The maximum absolute atomic E-state index is 13.8. The van der Waals surface area contributed by atoms with E-state index in [9.17, 15) is 4.39 Å². The molecule has 0 saturated heterocycles. The Morgan fingerprint density at radius 3 is 2.79 bits per heavy atom. The van der Waals surface area contributed by atoms with Gasteiger partial charge in [-0.05, 0) is 32.9 Å². The molecule has 1 heterocycles. The van der Waals surface area contributed by atoms with E-state index in [0.29, 0.717) is 24.5 Å². The lowest BCUT2D eigenvalue weighted by Gasteiger charge is -2.16. The zero-order chi connectivity index (χ0) is 14.0. The first kappa shape index (κ1) is 14.3. The summed E-state index contributed by atoms with van der Waals surface area (Å²) in [6.45, 7) is 7.03. The number of halogens is 2. The molecule has 0 radical (unpaired) electrons. The molecule has 0 fully saturated rings. The first-order valence-electron chi connectivity index (χ1n) is 6.44. The third-order valence-electron chi connectivity index (χ3n) is 3.01. The predicted molar refractivity (Wildman–Crippen MR) is 75.0 cm³/mol. The summed E-state index contributed by atoms with van der Waals surface area (Å²) in [4.78, 5) is 4.33. The fraction of sp³-hybridized carbons (Fsp3) is 0.500. The van der Waals surface area contributed by atoms with Gasteiger partial charge in [-0.3, -0.25) is 0 Å². The summed E-state index contributed by atoms with van der Waals surface area (Å²) >= 11 is 6.15. The fourth-order valence-electron chi connectivity index (χ4n) is 2.22. The average molecular weight is 285 g/mol. The van der Waals surface area contributed by atoms with Gasteiger partial charge in [0.2, 0.25) is 0 Å². The molecule has 5 heteroatoms. The number of fused-ring (bicyclic) bond motifs is 1. The van der Waals surface area contributed by atoms with Crippen LogP contribution in [0.2, 0.25) is 0 Å². The Kier molecular flexibility index (Phi) is 4.42. The first-order valence-corrected chi connectivity index (χ1v) is 6.88. The molecule has 0 aliphatic rings. The number of para-hydroxylation sites is 1. The molecular weight excluding hydrogens is 267 g/mol. The molecule has 1 aromatic heterocycles. The number of imidazole rings is 1. The van der Waals surface area contributed by atoms with E-state index in [2.05, 4.69) is 4.98 Å². The van der Waals surface area contributed by atoms with Gasteiger partial charge in [0.15, 0.2) is 5.82 Å². The van der Waals surface area contributed by atoms with Crippen molar-refractivity contribution in [3.8, 4) is 0 Å². The lowest BCUT2D eigenvalue weighted by molar-refractivity contribution is 0.0642. The van der Waals surface area contributed by atoms with Crippen molar-refractivity contribution in [2.45, 2.75) is 38.8 Å². The second-order valence-electron chi connectivity index (χ2n) is 4.57. The highest BCUT2D eigenvalue weighted by Crippen LogP contribution is 2.26. The molecule has 0 bridgehead atoms. The van der Waals surface area contributed by atoms with Gasteiger partial charge in [-0.25, -0.2) is 9.37 Å². The minimum atomic E-state index is -0.320. The van der Waals surface area contributed by atoms with E-state index in [1.54, 1.807) is 6.07 Å². The highest BCUT2D eigenvalue weighted by molar-refractivity contribution is 6.20. The number of hydrogen-bond donors (Lipinski definition) is 0. The molecule has 1 aromatic carbocycles. The van der Waals surface area contributed by atoms with Crippen molar-refractivity contribution in [2.24, 2.45) is 0 Å². The molecule has 0 saturated carbocycles. The second-order valence-corrected chi connectivity index (χ2v) is 5.22. The normalized spacial score (nSPS) is 14.8. The number of aromatic nitrogens is 2. The van der Waals surface area contributed by atoms with Crippen LogP contribution in [0.3, 0.4) is 0 Å². The molecule has 2 rings (SSSR count). The first-order chi connectivity index (χ1) is 9.04. The van der Waals surface area contributed by atoms with Gasteiger partial charge in [0.25, 0.3) is 0 Å². The zero-order valence-electron chi connectivity index (χ0n) is 11.4. The van der Waals surface area contributed by atoms with E-state index >= 15 is 0 Å². The van der Waals surface area contributed by atoms with Crippen molar-refractivity contribution >= 4 is 22.6 Å². The van der Waals surface area contributed by atoms with Gasteiger partial charge in [-0.15, -0.1) is 11.6 Å². The highest BCUT2D eigenvalue weighted by Gasteiger charge is 2.18. The Morgan fingerprint density at radius 1 is 1.42 bits per heavy atom. The molecule has 0 amide bonds. The molecule has 0 aliphatic heterocycles. The zero-order valence-corrected chi connectivity index (χ0v) is 12.1. The molecule has 0 N–H and O–H groups in total. The van der Waals surface area contributed by atoms with E-state index in [-0.39, 0.29) is 17.3 Å². The predicted octanol–water partition coefficient (Wildman–Crippen LogP) is 3.90. The largest absolute Gasteiger partial charge is 0.377 e. The maximum Gasteiger partial charge on any atom is 0.151 e. The summed E-state index contributed by atoms with van der Waals surface area (Å²) in [7, 11) is 0. The van der Waals surface area contributed by atoms with Gasteiger partial charge in [0, 0.05) is 6.61 Å². The Labute approximate surface area is 117 Å². The smallest absolute Gasteiger partial charge is 0.151 e. The van der Waals surface area contributed by atoms with Crippen LogP contribution in [0.1, 0.15) is 32.0 Å². The van der Waals surface area contributed by atoms with Crippen LogP contribution in [0.4, 0.5) is 4.39 Å². The van der Waals surface area contributed by atoms with Crippen molar-refractivity contribution in [1.82, 2.24) is 9.55 Å². The summed E-state index contributed by atoms with van der Waals surface area (Å²) in [5.41, 5.74) is 1.13. The average Bonchev–Trinajstić information content (AvgIpc) is 2.70. The van der Waals surface area contributed by atoms with Gasteiger partial charge in [-0.1, -0.05) is 6.07 Å². The van der Waals surface area contributed by atoms with E-state index in [1.807, 2.05) is 31.4 Å². The number of ether oxygens (including phenoxy) is 1. The van der Waals surface area contributed by atoms with E-state index in [0.717, 1.165) is 5.52 Å². The van der Waals surface area contributed by atoms with E-state index in [4.69, 9.17) is 16.3 Å². The van der Waals surface area contributed by atoms with Crippen molar-refractivity contribution in [3.63, 3.8) is 0 Å². The molecule has 2 unspecified atom stereocenters. The van der Waals surface area contributed by atoms with Gasteiger partial charge in [0.05, 0.1) is 23.5 Å². The van der Waals surface area contributed by atoms with Crippen LogP contribution in [0.25, 0.3) is 11.0 Å². The summed E-state index contributed by atoms with van der Waals surface area (Å²) in [6, 6.07) is 4.95. The van der Waals surface area contributed by atoms with Crippen molar-refractivity contribution in [2.75, 3.05) is 6.61 Å². The lowest BCUT2D eigenvalue weighted by atomic mass is 10.3. The van der Waals surface area contributed by atoms with Gasteiger partial charge < -0.3 is 9.30 Å². The summed E-state index contributed by atoms with van der Waals surface area (Å²) in [5.74, 6) is 0.354. The Hall–Kier alpha value is -1.13. The number of nitrogens with zero attached hydrogens (tertiary/aromatic N) is 2. The van der Waals surface area contributed by atoms with Crippen LogP contribution >= 0.6 is 11.6 Å². The van der Waals surface area contributed by atoms with Gasteiger partial charge in [0.1, 0.15) is 11.3 Å². The molecule has 0 aliphatic carbocycles. The third kappa shape index (κ3) is 2.90. The monoisotopic (exact) mass is 284 g/mol. The molecule has 2 aromatic rings. The number of hydrogen-bond acceptors (Lipinski definition) is 2. The Bertz CT molecular complexity index is 568. The Balaban J connectivity index is 2.49. The van der Waals surface area contributed by atoms with Crippen LogP contribution in [0.5, 0.6) is 0 Å². The number of benzene rings is 1. The fourth-order valence-corrected chi connectivity index (χ4v) is 2.39. The molecule has 19 heavy (non-hydrogen) atoms. The van der Waals surface area contributed by atoms with Crippen molar-refractivity contribution < 1.29 is 9.13 Å². The summed E-state index contributed by atoms with van der Waals surface area (Å²) in [6.07, 6.45) is 0.0276. The van der Waals surface area contributed by atoms with Crippen LogP contribution in [0, 0.1) is 5.82 Å². The lowest BCUT2D eigenvalue weighted by Crippen LogP contribution is -2.18. The molecule has 3 nitrogen and oxygen atoms in total. The maximum atomic E-state index is 13.8. The summed E-state index contributed by atoms with van der Waals surface area (Å²) in [5, 5.41) is -0.277. The second kappa shape index (κ2) is 5.88. The molecule has 104 valence electrons. The summed E-state index contributed by atoms with van der Waals surface area (Å²) < 4.78 is 21.3. The minimum absolute atomic E-state index is 0.0276. The van der Waals surface area contributed by atoms with Crippen LogP contribution < -0.4 is 0 Å². The van der Waals surface area contributed by atoms with Gasteiger partial charge in [-0.2, -0.15) is 0 Å². The van der Waals surface area contributed by atoms with Crippen LogP contribution in [0.15, 0.2) is 18.2 Å². The molecule has 2 atom stereocenters. The van der Waals surface area contributed by atoms with Crippen molar-refractivity contribution in [1.29, 1.82) is 0 Å². The SMILES string of the molecule is CCOC(C)Cn1c(C(C)Cl)nc2c(F)cccc21. The van der Waals surface area contributed by atoms with E-state index in [1.165, 1.54) is 6.07 Å². The number of rotatable bonds is 5. The van der Waals surface area contributed by atoms with Gasteiger partial charge >= 0.3 is 0 Å². The van der Waals surface area contributed by atoms with Crippen LogP contribution in [-0.4, -0.2) is 22.3 Å². The van der Waals surface area contributed by atoms with E-state index < -0.39 is 0 Å².